The molecule has 1 heterocycles. The van der Waals surface area contributed by atoms with Crippen LogP contribution in [-0.4, -0.2) is 35.9 Å². The van der Waals surface area contributed by atoms with Gasteiger partial charge in [0.05, 0.1) is 12.7 Å². The Hall–Kier alpha value is -1.43. The average Bonchev–Trinajstić information content (AvgIpc) is 2.66. The predicted octanol–water partition coefficient (Wildman–Crippen LogP) is 1.14. The second-order valence-corrected chi connectivity index (χ2v) is 3.70. The summed E-state index contributed by atoms with van der Waals surface area (Å²) >= 11 is 0. The van der Waals surface area contributed by atoms with Gasteiger partial charge in [0, 0.05) is 13.0 Å². The summed E-state index contributed by atoms with van der Waals surface area (Å²) in [5, 5.41) is 3.59. The summed E-state index contributed by atoms with van der Waals surface area (Å²) in [5.74, 6) is 0.162. The van der Waals surface area contributed by atoms with E-state index >= 15 is 0 Å². The van der Waals surface area contributed by atoms with Crippen molar-refractivity contribution in [2.75, 3.05) is 13.7 Å². The summed E-state index contributed by atoms with van der Waals surface area (Å²) in [5.41, 5.74) is 0. The molecule has 1 aliphatic rings. The van der Waals surface area contributed by atoms with Crippen molar-refractivity contribution in [2.45, 2.75) is 31.8 Å². The molecular formula is C10H14N2O4. The van der Waals surface area contributed by atoms with E-state index in [1.807, 2.05) is 0 Å². The van der Waals surface area contributed by atoms with Crippen LogP contribution in [-0.2, 0) is 9.47 Å². The summed E-state index contributed by atoms with van der Waals surface area (Å²) in [6.07, 6.45) is 1.99. The molecule has 0 unspecified atom stereocenters. The Kier molecular flexibility index (Phi) is 3.19. The molecule has 0 saturated heterocycles. The zero-order valence-corrected chi connectivity index (χ0v) is 9.30. The van der Waals surface area contributed by atoms with Gasteiger partial charge in [-0.15, -0.1) is 0 Å². The number of hydrogen-bond acceptors (Lipinski definition) is 6. The van der Waals surface area contributed by atoms with Crippen molar-refractivity contribution in [3.8, 4) is 0 Å². The fraction of sp³-hybridized carbons (Fsp3) is 0.700. The molecule has 0 radical (unpaired) electrons. The molecule has 1 aromatic heterocycles. The van der Waals surface area contributed by atoms with E-state index < -0.39 is 5.97 Å². The Bertz CT molecular complexity index is 371. The Morgan fingerprint density at radius 3 is 2.94 bits per heavy atom. The van der Waals surface area contributed by atoms with Gasteiger partial charge in [-0.2, -0.15) is 4.98 Å². The number of carbonyl (C=O) groups is 1. The number of esters is 1. The van der Waals surface area contributed by atoms with E-state index in [9.17, 15) is 4.79 Å². The van der Waals surface area contributed by atoms with E-state index in [1.54, 1.807) is 14.0 Å². The molecule has 16 heavy (non-hydrogen) atoms. The lowest BCUT2D eigenvalue weighted by atomic mass is 9.82. The molecule has 1 aliphatic carbocycles. The quantitative estimate of drug-likeness (QED) is 0.716. The third-order valence-corrected chi connectivity index (χ3v) is 2.68. The molecule has 0 N–H and O–H groups in total. The van der Waals surface area contributed by atoms with Crippen molar-refractivity contribution in [1.29, 1.82) is 0 Å². The smallest absolute Gasteiger partial charge is 0.379 e. The molecule has 0 amide bonds. The maximum absolute atomic E-state index is 11.3. The highest BCUT2D eigenvalue weighted by atomic mass is 16.5. The maximum atomic E-state index is 11.3. The molecular weight excluding hydrogens is 212 g/mol. The summed E-state index contributed by atoms with van der Waals surface area (Å²) in [6, 6.07) is 0. The minimum atomic E-state index is -0.542. The standard InChI is InChI=1S/C10H14N2O4/c1-3-15-10(13)8-11-9(16-12-8)6-4-7(5-6)14-2/h6-7H,3-5H2,1-2H3. The number of methoxy groups -OCH3 is 1. The van der Waals surface area contributed by atoms with Gasteiger partial charge in [0.15, 0.2) is 0 Å². The van der Waals surface area contributed by atoms with E-state index in [1.165, 1.54) is 0 Å². The van der Waals surface area contributed by atoms with Crippen LogP contribution >= 0.6 is 0 Å². The number of nitrogens with zero attached hydrogens (tertiary/aromatic N) is 2. The zero-order valence-electron chi connectivity index (χ0n) is 9.30. The van der Waals surface area contributed by atoms with Gasteiger partial charge in [0.2, 0.25) is 5.89 Å². The molecule has 1 saturated carbocycles. The molecule has 88 valence electrons. The van der Waals surface area contributed by atoms with Crippen LogP contribution in [0.5, 0.6) is 0 Å². The molecule has 1 aromatic rings. The Morgan fingerprint density at radius 2 is 2.31 bits per heavy atom. The topological polar surface area (TPSA) is 74.5 Å². The first kappa shape index (κ1) is 11.1. The largest absolute Gasteiger partial charge is 0.460 e. The van der Waals surface area contributed by atoms with Gasteiger partial charge in [-0.1, -0.05) is 0 Å². The first-order chi connectivity index (χ1) is 7.74. The first-order valence-corrected chi connectivity index (χ1v) is 5.28. The van der Waals surface area contributed by atoms with Crippen LogP contribution < -0.4 is 0 Å². The van der Waals surface area contributed by atoms with E-state index in [0.717, 1.165) is 12.8 Å². The van der Waals surface area contributed by atoms with Crippen molar-refractivity contribution in [3.05, 3.63) is 11.7 Å². The van der Waals surface area contributed by atoms with Gasteiger partial charge >= 0.3 is 5.97 Å². The molecule has 0 atom stereocenters. The molecule has 0 aromatic carbocycles. The van der Waals surface area contributed by atoms with E-state index in [4.69, 9.17) is 14.0 Å². The van der Waals surface area contributed by atoms with Gasteiger partial charge in [-0.05, 0) is 24.9 Å². The molecule has 1 fully saturated rings. The highest BCUT2D eigenvalue weighted by molar-refractivity contribution is 5.84. The molecule has 0 aliphatic heterocycles. The number of rotatable bonds is 4. The highest BCUT2D eigenvalue weighted by Gasteiger charge is 2.35. The molecule has 0 bridgehead atoms. The third kappa shape index (κ3) is 2.06. The van der Waals surface area contributed by atoms with Crippen molar-refractivity contribution in [3.63, 3.8) is 0 Å². The minimum absolute atomic E-state index is 0.00211. The van der Waals surface area contributed by atoms with Crippen LogP contribution in [0.2, 0.25) is 0 Å². The van der Waals surface area contributed by atoms with Crippen LogP contribution in [0, 0.1) is 0 Å². The normalized spacial score (nSPS) is 23.9. The van der Waals surface area contributed by atoms with Gasteiger partial charge < -0.3 is 14.0 Å². The second-order valence-electron chi connectivity index (χ2n) is 3.70. The minimum Gasteiger partial charge on any atom is -0.460 e. The first-order valence-electron chi connectivity index (χ1n) is 5.28. The lowest BCUT2D eigenvalue weighted by molar-refractivity contribution is 0.0176. The molecule has 0 spiro atoms. The van der Waals surface area contributed by atoms with Crippen molar-refractivity contribution in [2.24, 2.45) is 0 Å². The zero-order chi connectivity index (χ0) is 11.5. The van der Waals surface area contributed by atoms with E-state index in [-0.39, 0.29) is 17.8 Å². The lowest BCUT2D eigenvalue weighted by Gasteiger charge is -2.31. The molecule has 2 rings (SSSR count). The van der Waals surface area contributed by atoms with Crippen molar-refractivity contribution >= 4 is 5.97 Å². The average molecular weight is 226 g/mol. The Balaban J connectivity index is 1.95. The number of ether oxygens (including phenoxy) is 2. The van der Waals surface area contributed by atoms with Crippen LogP contribution in [0.15, 0.2) is 4.52 Å². The summed E-state index contributed by atoms with van der Waals surface area (Å²) in [4.78, 5) is 15.3. The summed E-state index contributed by atoms with van der Waals surface area (Å²) < 4.78 is 14.9. The maximum Gasteiger partial charge on any atom is 0.379 e. The monoisotopic (exact) mass is 226 g/mol. The fourth-order valence-corrected chi connectivity index (χ4v) is 1.64. The van der Waals surface area contributed by atoms with Crippen molar-refractivity contribution < 1.29 is 18.8 Å². The number of carbonyl (C=O) groups excluding carboxylic acids is 1. The fourth-order valence-electron chi connectivity index (χ4n) is 1.64. The van der Waals surface area contributed by atoms with Gasteiger partial charge in [-0.25, -0.2) is 4.79 Å². The third-order valence-electron chi connectivity index (χ3n) is 2.68. The van der Waals surface area contributed by atoms with Crippen LogP contribution in [0.3, 0.4) is 0 Å². The van der Waals surface area contributed by atoms with Crippen LogP contribution in [0.4, 0.5) is 0 Å². The highest BCUT2D eigenvalue weighted by Crippen LogP contribution is 2.37. The predicted molar refractivity (Wildman–Crippen MR) is 53.0 cm³/mol. The summed E-state index contributed by atoms with van der Waals surface area (Å²) in [6.45, 7) is 2.03. The number of aromatic nitrogens is 2. The van der Waals surface area contributed by atoms with Gasteiger partial charge in [-0.3, -0.25) is 0 Å². The second kappa shape index (κ2) is 4.61. The van der Waals surface area contributed by atoms with E-state index in [0.29, 0.717) is 12.5 Å². The molecule has 6 nitrogen and oxygen atoms in total. The number of hydrogen-bond donors (Lipinski definition) is 0. The lowest BCUT2D eigenvalue weighted by Crippen LogP contribution is -2.28. The summed E-state index contributed by atoms with van der Waals surface area (Å²) in [7, 11) is 1.68. The van der Waals surface area contributed by atoms with Gasteiger partial charge in [0.1, 0.15) is 0 Å². The van der Waals surface area contributed by atoms with Crippen molar-refractivity contribution in [1.82, 2.24) is 10.1 Å². The molecule has 6 heteroatoms. The SMILES string of the molecule is CCOC(=O)c1noc(C2CC(OC)C2)n1. The Labute approximate surface area is 92.9 Å². The Morgan fingerprint density at radius 1 is 1.56 bits per heavy atom. The van der Waals surface area contributed by atoms with Crippen LogP contribution in [0.25, 0.3) is 0 Å². The van der Waals surface area contributed by atoms with Crippen LogP contribution in [0.1, 0.15) is 42.2 Å². The van der Waals surface area contributed by atoms with Gasteiger partial charge in [0.25, 0.3) is 5.82 Å². The van der Waals surface area contributed by atoms with E-state index in [2.05, 4.69) is 10.1 Å².